The first-order valence-corrected chi connectivity index (χ1v) is 8.14. The summed E-state index contributed by atoms with van der Waals surface area (Å²) in [5.41, 5.74) is 1.48. The molecule has 0 aliphatic heterocycles. The van der Waals surface area contributed by atoms with Crippen molar-refractivity contribution in [3.05, 3.63) is 52.5 Å². The predicted molar refractivity (Wildman–Crippen MR) is 99.6 cm³/mol. The summed E-state index contributed by atoms with van der Waals surface area (Å²) in [4.78, 5) is 9.08. The van der Waals surface area contributed by atoms with E-state index in [2.05, 4.69) is 20.6 Å². The van der Waals surface area contributed by atoms with Gasteiger partial charge in [0.05, 0.1) is 22.8 Å². The van der Waals surface area contributed by atoms with E-state index in [4.69, 9.17) is 27.9 Å². The Kier molecular flexibility index (Phi) is 5.35. The van der Waals surface area contributed by atoms with Gasteiger partial charge < -0.3 is 15.4 Å². The van der Waals surface area contributed by atoms with Crippen molar-refractivity contribution in [1.82, 2.24) is 9.97 Å². The SMILES string of the molecule is COCCNc1nc(Nc2cc(Cl)ccc2Cl)nc2ccccc12. The second-order valence-electron chi connectivity index (χ2n) is 5.08. The summed E-state index contributed by atoms with van der Waals surface area (Å²) in [5.74, 6) is 1.18. The third-order valence-electron chi connectivity index (χ3n) is 3.38. The van der Waals surface area contributed by atoms with Crippen LogP contribution in [0.2, 0.25) is 10.0 Å². The minimum Gasteiger partial charge on any atom is -0.383 e. The number of para-hydroxylation sites is 1. The molecular weight excluding hydrogens is 347 g/mol. The zero-order valence-corrected chi connectivity index (χ0v) is 14.5. The predicted octanol–water partition coefficient (Wildman–Crippen LogP) is 4.74. The highest BCUT2D eigenvalue weighted by Gasteiger charge is 2.09. The van der Waals surface area contributed by atoms with Crippen molar-refractivity contribution in [1.29, 1.82) is 0 Å². The molecule has 7 heteroatoms. The van der Waals surface area contributed by atoms with Gasteiger partial charge in [-0.1, -0.05) is 35.3 Å². The minimum absolute atomic E-state index is 0.442. The van der Waals surface area contributed by atoms with Gasteiger partial charge in [-0.3, -0.25) is 0 Å². The number of fused-ring (bicyclic) bond motifs is 1. The molecule has 0 radical (unpaired) electrons. The van der Waals surface area contributed by atoms with E-state index < -0.39 is 0 Å². The topological polar surface area (TPSA) is 59.1 Å². The lowest BCUT2D eigenvalue weighted by Crippen LogP contribution is -2.10. The van der Waals surface area contributed by atoms with Crippen molar-refractivity contribution in [3.63, 3.8) is 0 Å². The minimum atomic E-state index is 0.442. The van der Waals surface area contributed by atoms with Crippen molar-refractivity contribution in [3.8, 4) is 0 Å². The average Bonchev–Trinajstić information content (AvgIpc) is 2.58. The summed E-state index contributed by atoms with van der Waals surface area (Å²) in [6.45, 7) is 1.23. The lowest BCUT2D eigenvalue weighted by atomic mass is 10.2. The number of anilines is 3. The number of nitrogens with zero attached hydrogens (tertiary/aromatic N) is 2. The summed E-state index contributed by atoms with van der Waals surface area (Å²) < 4.78 is 5.08. The Morgan fingerprint density at radius 3 is 2.75 bits per heavy atom. The number of benzene rings is 2. The van der Waals surface area contributed by atoms with Gasteiger partial charge in [-0.05, 0) is 30.3 Å². The van der Waals surface area contributed by atoms with E-state index in [0.29, 0.717) is 34.8 Å². The van der Waals surface area contributed by atoms with Crippen LogP contribution in [0.15, 0.2) is 42.5 Å². The van der Waals surface area contributed by atoms with Crippen LogP contribution in [0.5, 0.6) is 0 Å². The van der Waals surface area contributed by atoms with Crippen molar-refractivity contribution in [2.75, 3.05) is 30.9 Å². The molecule has 3 rings (SSSR count). The number of aromatic nitrogens is 2. The van der Waals surface area contributed by atoms with Gasteiger partial charge in [0.15, 0.2) is 0 Å². The van der Waals surface area contributed by atoms with Gasteiger partial charge in [0.2, 0.25) is 5.95 Å². The van der Waals surface area contributed by atoms with Crippen molar-refractivity contribution < 1.29 is 4.74 Å². The van der Waals surface area contributed by atoms with Crippen LogP contribution >= 0.6 is 23.2 Å². The molecule has 0 bridgehead atoms. The monoisotopic (exact) mass is 362 g/mol. The number of ether oxygens (including phenoxy) is 1. The zero-order chi connectivity index (χ0) is 16.9. The van der Waals surface area contributed by atoms with E-state index in [1.54, 1.807) is 25.3 Å². The molecule has 2 aromatic carbocycles. The highest BCUT2D eigenvalue weighted by atomic mass is 35.5. The van der Waals surface area contributed by atoms with Gasteiger partial charge in [-0.25, -0.2) is 4.98 Å². The van der Waals surface area contributed by atoms with Gasteiger partial charge in [0.25, 0.3) is 0 Å². The van der Waals surface area contributed by atoms with E-state index in [0.717, 1.165) is 16.7 Å². The first-order valence-electron chi connectivity index (χ1n) is 7.39. The Morgan fingerprint density at radius 2 is 1.92 bits per heavy atom. The first kappa shape index (κ1) is 16.8. The van der Waals surface area contributed by atoms with Crippen LogP contribution in [-0.4, -0.2) is 30.2 Å². The van der Waals surface area contributed by atoms with E-state index in [1.165, 1.54) is 0 Å². The Balaban J connectivity index is 1.97. The molecule has 0 aliphatic rings. The molecule has 1 aromatic heterocycles. The summed E-state index contributed by atoms with van der Waals surface area (Å²) >= 11 is 12.2. The molecule has 5 nitrogen and oxygen atoms in total. The lowest BCUT2D eigenvalue weighted by molar-refractivity contribution is 0.210. The van der Waals surface area contributed by atoms with Crippen LogP contribution < -0.4 is 10.6 Å². The number of methoxy groups -OCH3 is 1. The molecule has 1 heterocycles. The third kappa shape index (κ3) is 3.87. The van der Waals surface area contributed by atoms with Gasteiger partial charge in [0, 0.05) is 24.1 Å². The fourth-order valence-corrected chi connectivity index (χ4v) is 2.59. The van der Waals surface area contributed by atoms with E-state index in [9.17, 15) is 0 Å². The smallest absolute Gasteiger partial charge is 0.229 e. The molecule has 3 aromatic rings. The van der Waals surface area contributed by atoms with Crippen LogP contribution in [0.3, 0.4) is 0 Å². The number of nitrogens with one attached hydrogen (secondary N) is 2. The third-order valence-corrected chi connectivity index (χ3v) is 3.94. The molecule has 124 valence electrons. The number of hydrogen-bond acceptors (Lipinski definition) is 5. The molecule has 0 saturated carbocycles. The van der Waals surface area contributed by atoms with Crippen LogP contribution in [0.25, 0.3) is 10.9 Å². The maximum Gasteiger partial charge on any atom is 0.229 e. The first-order chi connectivity index (χ1) is 11.7. The average molecular weight is 363 g/mol. The van der Waals surface area contributed by atoms with E-state index in [1.807, 2.05) is 24.3 Å². The Hall–Kier alpha value is -2.08. The molecule has 2 N–H and O–H groups in total. The maximum atomic E-state index is 6.20. The van der Waals surface area contributed by atoms with Gasteiger partial charge in [-0.15, -0.1) is 0 Å². The van der Waals surface area contributed by atoms with Crippen molar-refractivity contribution >= 4 is 51.6 Å². The quantitative estimate of drug-likeness (QED) is 0.620. The Morgan fingerprint density at radius 1 is 1.08 bits per heavy atom. The molecule has 0 unspecified atom stereocenters. The fraction of sp³-hybridized carbons (Fsp3) is 0.176. The Bertz CT molecular complexity index is 857. The number of halogens is 2. The molecule has 0 atom stereocenters. The zero-order valence-electron chi connectivity index (χ0n) is 13.0. The summed E-state index contributed by atoms with van der Waals surface area (Å²) in [7, 11) is 1.66. The molecule has 0 amide bonds. The van der Waals surface area contributed by atoms with Crippen LogP contribution in [0.1, 0.15) is 0 Å². The molecular formula is C17H16Cl2N4O. The van der Waals surface area contributed by atoms with Crippen molar-refractivity contribution in [2.24, 2.45) is 0 Å². The lowest BCUT2D eigenvalue weighted by Gasteiger charge is -2.12. The van der Waals surface area contributed by atoms with Crippen LogP contribution in [0, 0.1) is 0 Å². The van der Waals surface area contributed by atoms with Crippen LogP contribution in [0.4, 0.5) is 17.5 Å². The summed E-state index contributed by atoms with van der Waals surface area (Å²) in [5, 5.41) is 8.46. The van der Waals surface area contributed by atoms with Gasteiger partial charge in [-0.2, -0.15) is 4.98 Å². The molecule has 0 aliphatic carbocycles. The summed E-state index contributed by atoms with van der Waals surface area (Å²) in [6.07, 6.45) is 0. The highest BCUT2D eigenvalue weighted by molar-refractivity contribution is 6.35. The van der Waals surface area contributed by atoms with Crippen molar-refractivity contribution in [2.45, 2.75) is 0 Å². The molecule has 0 fully saturated rings. The van der Waals surface area contributed by atoms with Gasteiger partial charge in [0.1, 0.15) is 5.82 Å². The largest absolute Gasteiger partial charge is 0.383 e. The number of hydrogen-bond donors (Lipinski definition) is 2. The molecule has 0 spiro atoms. The fourth-order valence-electron chi connectivity index (χ4n) is 2.25. The highest BCUT2D eigenvalue weighted by Crippen LogP contribution is 2.29. The molecule has 0 saturated heterocycles. The van der Waals surface area contributed by atoms with E-state index >= 15 is 0 Å². The second kappa shape index (κ2) is 7.66. The normalized spacial score (nSPS) is 10.8. The van der Waals surface area contributed by atoms with Crippen LogP contribution in [-0.2, 0) is 4.74 Å². The van der Waals surface area contributed by atoms with Gasteiger partial charge >= 0.3 is 0 Å². The standard InChI is InChI=1S/C17H16Cl2N4O/c1-24-9-8-20-16-12-4-2-3-5-14(12)21-17(23-16)22-15-10-11(18)6-7-13(15)19/h2-7,10H,8-9H2,1H3,(H2,20,21,22,23). The maximum absolute atomic E-state index is 6.20. The second-order valence-corrected chi connectivity index (χ2v) is 5.93. The Labute approximate surface area is 150 Å². The summed E-state index contributed by atoms with van der Waals surface area (Å²) in [6, 6.07) is 13.0. The van der Waals surface area contributed by atoms with E-state index in [-0.39, 0.29) is 0 Å². The molecule has 24 heavy (non-hydrogen) atoms. The number of rotatable bonds is 6.